The van der Waals surface area contributed by atoms with E-state index in [9.17, 15) is 8.42 Å². The smallest absolute Gasteiger partial charge is 0.244 e. The van der Waals surface area contributed by atoms with Crippen LogP contribution in [-0.4, -0.2) is 32.2 Å². The van der Waals surface area contributed by atoms with Crippen LogP contribution in [-0.2, 0) is 14.8 Å². The topological polar surface area (TPSA) is 68.3 Å². The van der Waals surface area contributed by atoms with Crippen LogP contribution in [0.4, 0.5) is 0 Å². The van der Waals surface area contributed by atoms with Crippen LogP contribution >= 0.6 is 11.6 Å². The van der Waals surface area contributed by atoms with Gasteiger partial charge in [0.2, 0.25) is 10.0 Å². The summed E-state index contributed by atoms with van der Waals surface area (Å²) in [4.78, 5) is 3.77. The van der Waals surface area contributed by atoms with Gasteiger partial charge in [0.25, 0.3) is 0 Å². The van der Waals surface area contributed by atoms with Crippen molar-refractivity contribution in [3.63, 3.8) is 0 Å². The van der Waals surface area contributed by atoms with Gasteiger partial charge in [-0.05, 0) is 31.9 Å². The Labute approximate surface area is 112 Å². The number of nitrogens with one attached hydrogen (secondary N) is 1. The Morgan fingerprint density at radius 2 is 2.33 bits per heavy atom. The monoisotopic (exact) mass is 290 g/mol. The number of rotatable bonds is 3. The molecule has 1 aliphatic rings. The van der Waals surface area contributed by atoms with Crippen molar-refractivity contribution in [3.05, 3.63) is 23.5 Å². The average Bonchev–Trinajstić information content (AvgIpc) is 2.28. The third-order valence-corrected chi connectivity index (χ3v) is 4.92. The number of aromatic nitrogens is 1. The Bertz CT molecular complexity index is 527. The number of pyridine rings is 1. The minimum Gasteiger partial charge on any atom is -0.380 e. The standard InChI is InChI=1S/C11H15ClN2O3S/c1-11(5-3-7-17-8-11)14-18(15,16)9-4-2-6-13-10(9)12/h2,4,6,14H,3,5,7-8H2,1H3. The molecule has 0 spiro atoms. The van der Waals surface area contributed by atoms with Gasteiger partial charge in [-0.15, -0.1) is 0 Å². The van der Waals surface area contributed by atoms with Gasteiger partial charge < -0.3 is 4.74 Å². The van der Waals surface area contributed by atoms with Crippen LogP contribution in [0.5, 0.6) is 0 Å². The molecule has 1 N–H and O–H groups in total. The Hall–Kier alpha value is -0.690. The van der Waals surface area contributed by atoms with Crippen LogP contribution < -0.4 is 4.72 Å². The maximum absolute atomic E-state index is 12.2. The van der Waals surface area contributed by atoms with Gasteiger partial charge in [-0.25, -0.2) is 18.1 Å². The minimum atomic E-state index is -3.67. The number of hydrogen-bond acceptors (Lipinski definition) is 4. The van der Waals surface area contributed by atoms with E-state index in [1.807, 2.05) is 6.92 Å². The lowest BCUT2D eigenvalue weighted by molar-refractivity contribution is 0.0386. The maximum Gasteiger partial charge on any atom is 0.244 e. The lowest BCUT2D eigenvalue weighted by Crippen LogP contribution is -2.51. The molecule has 7 heteroatoms. The van der Waals surface area contributed by atoms with Crippen molar-refractivity contribution >= 4 is 21.6 Å². The quantitative estimate of drug-likeness (QED) is 0.858. The molecule has 2 heterocycles. The second-order valence-electron chi connectivity index (χ2n) is 4.61. The molecule has 0 radical (unpaired) electrons. The van der Waals surface area contributed by atoms with E-state index >= 15 is 0 Å². The lowest BCUT2D eigenvalue weighted by atomic mass is 9.97. The van der Waals surface area contributed by atoms with Crippen molar-refractivity contribution in [3.8, 4) is 0 Å². The first-order valence-electron chi connectivity index (χ1n) is 5.65. The third-order valence-electron chi connectivity index (χ3n) is 2.83. The molecule has 1 aromatic heterocycles. The van der Waals surface area contributed by atoms with Crippen LogP contribution in [0.1, 0.15) is 19.8 Å². The summed E-state index contributed by atoms with van der Waals surface area (Å²) >= 11 is 5.81. The van der Waals surface area contributed by atoms with Crippen LogP contribution in [0.25, 0.3) is 0 Å². The van der Waals surface area contributed by atoms with Gasteiger partial charge in [0.1, 0.15) is 10.0 Å². The molecule has 5 nitrogen and oxygen atoms in total. The zero-order valence-corrected chi connectivity index (χ0v) is 11.6. The second-order valence-corrected chi connectivity index (χ2v) is 6.62. The molecule has 1 aromatic rings. The van der Waals surface area contributed by atoms with E-state index in [2.05, 4.69) is 9.71 Å². The third kappa shape index (κ3) is 3.00. The van der Waals surface area contributed by atoms with E-state index in [4.69, 9.17) is 16.3 Å². The van der Waals surface area contributed by atoms with E-state index in [1.165, 1.54) is 12.3 Å². The van der Waals surface area contributed by atoms with E-state index in [1.54, 1.807) is 6.07 Å². The van der Waals surface area contributed by atoms with Gasteiger partial charge in [-0.2, -0.15) is 0 Å². The molecule has 0 amide bonds. The van der Waals surface area contributed by atoms with Crippen LogP contribution in [0.15, 0.2) is 23.2 Å². The highest BCUT2D eigenvalue weighted by Crippen LogP contribution is 2.24. The average molecular weight is 291 g/mol. The number of hydrogen-bond donors (Lipinski definition) is 1. The first-order valence-corrected chi connectivity index (χ1v) is 7.51. The van der Waals surface area contributed by atoms with Gasteiger partial charge in [-0.3, -0.25) is 0 Å². The van der Waals surface area contributed by atoms with Crippen LogP contribution in [0, 0.1) is 0 Å². The summed E-state index contributed by atoms with van der Waals surface area (Å²) in [5.41, 5.74) is -0.587. The van der Waals surface area contributed by atoms with Crippen molar-refractivity contribution in [2.24, 2.45) is 0 Å². The Morgan fingerprint density at radius 3 is 2.94 bits per heavy atom. The highest BCUT2D eigenvalue weighted by molar-refractivity contribution is 7.89. The van der Waals surface area contributed by atoms with Gasteiger partial charge >= 0.3 is 0 Å². The Balaban J connectivity index is 2.25. The predicted molar refractivity (Wildman–Crippen MR) is 68.0 cm³/mol. The summed E-state index contributed by atoms with van der Waals surface area (Å²) in [6.45, 7) is 2.86. The van der Waals surface area contributed by atoms with Gasteiger partial charge in [0.15, 0.2) is 0 Å². The van der Waals surface area contributed by atoms with Crippen LogP contribution in [0.2, 0.25) is 5.15 Å². The summed E-state index contributed by atoms with van der Waals surface area (Å²) in [5.74, 6) is 0. The van der Waals surface area contributed by atoms with Crippen molar-refractivity contribution in [1.82, 2.24) is 9.71 Å². The molecule has 18 heavy (non-hydrogen) atoms. The van der Waals surface area contributed by atoms with Gasteiger partial charge in [0, 0.05) is 12.8 Å². The molecule has 1 fully saturated rings. The number of sulfonamides is 1. The molecule has 1 aliphatic heterocycles. The summed E-state index contributed by atoms with van der Waals surface area (Å²) in [7, 11) is -3.67. The number of halogens is 1. The Kier molecular flexibility index (Phi) is 3.91. The van der Waals surface area contributed by atoms with Crippen molar-refractivity contribution in [2.75, 3.05) is 13.2 Å². The lowest BCUT2D eigenvalue weighted by Gasteiger charge is -2.33. The highest BCUT2D eigenvalue weighted by Gasteiger charge is 2.33. The normalized spacial score (nSPS) is 25.0. The SMILES string of the molecule is CC1(NS(=O)(=O)c2cccnc2Cl)CCCOC1. The molecule has 1 atom stereocenters. The van der Waals surface area contributed by atoms with E-state index in [-0.39, 0.29) is 10.0 Å². The zero-order chi connectivity index (χ0) is 13.2. The predicted octanol–water partition coefficient (Wildman–Crippen LogP) is 1.58. The molecule has 0 aromatic carbocycles. The first kappa shape index (κ1) is 13.7. The van der Waals surface area contributed by atoms with Crippen molar-refractivity contribution in [1.29, 1.82) is 0 Å². The summed E-state index contributed by atoms with van der Waals surface area (Å²) in [6, 6.07) is 2.98. The molecule has 0 aliphatic carbocycles. The Morgan fingerprint density at radius 1 is 1.56 bits per heavy atom. The molecule has 0 saturated carbocycles. The van der Waals surface area contributed by atoms with E-state index in [0.29, 0.717) is 13.2 Å². The van der Waals surface area contributed by atoms with E-state index < -0.39 is 15.6 Å². The second kappa shape index (κ2) is 5.13. The molecular weight excluding hydrogens is 276 g/mol. The molecule has 100 valence electrons. The summed E-state index contributed by atoms with van der Waals surface area (Å²) in [6.07, 6.45) is 3.02. The largest absolute Gasteiger partial charge is 0.380 e. The molecule has 1 unspecified atom stereocenters. The minimum absolute atomic E-state index is 0.00142. The van der Waals surface area contributed by atoms with Crippen molar-refractivity contribution in [2.45, 2.75) is 30.2 Å². The van der Waals surface area contributed by atoms with Gasteiger partial charge in [-0.1, -0.05) is 11.6 Å². The summed E-state index contributed by atoms with van der Waals surface area (Å²) < 4.78 is 32.4. The fraction of sp³-hybridized carbons (Fsp3) is 0.545. The van der Waals surface area contributed by atoms with E-state index in [0.717, 1.165) is 12.8 Å². The number of nitrogens with zero attached hydrogens (tertiary/aromatic N) is 1. The zero-order valence-electron chi connectivity index (χ0n) is 10.0. The van der Waals surface area contributed by atoms with Crippen LogP contribution in [0.3, 0.4) is 0 Å². The fourth-order valence-corrected chi connectivity index (χ4v) is 3.84. The van der Waals surface area contributed by atoms with Crippen molar-refractivity contribution < 1.29 is 13.2 Å². The first-order chi connectivity index (χ1) is 8.43. The highest BCUT2D eigenvalue weighted by atomic mass is 35.5. The fourth-order valence-electron chi connectivity index (χ4n) is 1.97. The number of ether oxygens (including phenoxy) is 1. The molecular formula is C11H15ClN2O3S. The maximum atomic E-state index is 12.2. The van der Waals surface area contributed by atoms with Gasteiger partial charge in [0.05, 0.1) is 12.1 Å². The molecule has 0 bridgehead atoms. The molecule has 1 saturated heterocycles. The summed E-state index contributed by atoms with van der Waals surface area (Å²) in [5, 5.41) is -0.0228. The molecule has 2 rings (SSSR count).